The van der Waals surface area contributed by atoms with Crippen molar-refractivity contribution in [3.8, 4) is 11.4 Å². The number of benzene rings is 2. The molecule has 5 nitrogen and oxygen atoms in total. The van der Waals surface area contributed by atoms with Crippen LogP contribution in [0.3, 0.4) is 0 Å². The van der Waals surface area contributed by atoms with Crippen molar-refractivity contribution >= 4 is 11.6 Å². The fourth-order valence-electron chi connectivity index (χ4n) is 3.39. The number of hydrogen-bond donors (Lipinski definition) is 1. The second-order valence-corrected chi connectivity index (χ2v) is 6.84. The predicted molar refractivity (Wildman–Crippen MR) is 100 cm³/mol. The number of hydrogen-bond acceptors (Lipinski definition) is 4. The second kappa shape index (κ2) is 7.12. The number of carbonyl (C=O) groups excluding carboxylic acids is 1. The summed E-state index contributed by atoms with van der Waals surface area (Å²) in [6.07, 6.45) is 4.71. The average Bonchev–Trinajstić information content (AvgIpc) is 3.33. The van der Waals surface area contributed by atoms with Crippen LogP contribution in [0.4, 0.5) is 5.69 Å². The van der Waals surface area contributed by atoms with E-state index in [1.54, 1.807) is 12.1 Å². The van der Waals surface area contributed by atoms with Crippen LogP contribution in [0.5, 0.6) is 0 Å². The van der Waals surface area contributed by atoms with E-state index in [2.05, 4.69) is 15.5 Å². The first-order valence-electron chi connectivity index (χ1n) is 9.01. The van der Waals surface area contributed by atoms with Crippen LogP contribution in [-0.2, 0) is 0 Å². The first-order chi connectivity index (χ1) is 12.7. The smallest absolute Gasteiger partial charge is 0.255 e. The number of anilines is 1. The molecule has 0 spiro atoms. The fourth-order valence-corrected chi connectivity index (χ4v) is 3.39. The quantitative estimate of drug-likeness (QED) is 0.724. The molecule has 1 N–H and O–H groups in total. The molecule has 0 bridgehead atoms. The van der Waals surface area contributed by atoms with Gasteiger partial charge in [0.15, 0.2) is 0 Å². The number of amides is 1. The third-order valence-electron chi connectivity index (χ3n) is 4.83. The van der Waals surface area contributed by atoms with Gasteiger partial charge in [-0.05, 0) is 49.6 Å². The molecule has 26 heavy (non-hydrogen) atoms. The minimum Gasteiger partial charge on any atom is -0.339 e. The zero-order valence-electron chi connectivity index (χ0n) is 14.7. The van der Waals surface area contributed by atoms with Crippen LogP contribution in [0.2, 0.25) is 0 Å². The molecule has 1 fully saturated rings. The van der Waals surface area contributed by atoms with Gasteiger partial charge in [-0.15, -0.1) is 0 Å². The van der Waals surface area contributed by atoms with Gasteiger partial charge in [-0.25, -0.2) is 0 Å². The number of nitrogens with one attached hydrogen (secondary N) is 1. The van der Waals surface area contributed by atoms with E-state index in [-0.39, 0.29) is 5.91 Å². The summed E-state index contributed by atoms with van der Waals surface area (Å²) in [7, 11) is 0. The summed E-state index contributed by atoms with van der Waals surface area (Å²) in [5.41, 5.74) is 3.34. The van der Waals surface area contributed by atoms with Crippen molar-refractivity contribution in [3.05, 3.63) is 65.5 Å². The van der Waals surface area contributed by atoms with Crippen LogP contribution in [0.1, 0.15) is 53.4 Å². The minimum atomic E-state index is -0.137. The van der Waals surface area contributed by atoms with E-state index in [4.69, 9.17) is 4.52 Å². The number of nitrogens with zero attached hydrogens (tertiary/aromatic N) is 2. The highest BCUT2D eigenvalue weighted by Gasteiger charge is 2.23. The lowest BCUT2D eigenvalue weighted by Gasteiger charge is -2.06. The Kier molecular flexibility index (Phi) is 4.52. The van der Waals surface area contributed by atoms with Gasteiger partial charge in [-0.1, -0.05) is 42.3 Å². The lowest BCUT2D eigenvalue weighted by Crippen LogP contribution is -2.11. The van der Waals surface area contributed by atoms with Gasteiger partial charge in [0.05, 0.1) is 0 Å². The zero-order chi connectivity index (χ0) is 17.9. The molecule has 4 rings (SSSR count). The first-order valence-corrected chi connectivity index (χ1v) is 9.01. The van der Waals surface area contributed by atoms with E-state index in [0.29, 0.717) is 17.3 Å². The van der Waals surface area contributed by atoms with Gasteiger partial charge in [0.2, 0.25) is 11.7 Å². The highest BCUT2D eigenvalue weighted by Crippen LogP contribution is 2.33. The van der Waals surface area contributed by atoms with E-state index in [1.165, 1.54) is 12.8 Å². The van der Waals surface area contributed by atoms with Crippen LogP contribution in [0.25, 0.3) is 11.4 Å². The lowest BCUT2D eigenvalue weighted by atomic mass is 10.1. The summed E-state index contributed by atoms with van der Waals surface area (Å²) < 4.78 is 5.43. The van der Waals surface area contributed by atoms with Crippen molar-refractivity contribution < 1.29 is 9.32 Å². The van der Waals surface area contributed by atoms with Gasteiger partial charge in [0.25, 0.3) is 5.91 Å². The highest BCUT2D eigenvalue weighted by molar-refractivity contribution is 6.04. The summed E-state index contributed by atoms with van der Waals surface area (Å²) in [6.45, 7) is 2.00. The molecular formula is C21H21N3O2. The van der Waals surface area contributed by atoms with Crippen molar-refractivity contribution in [3.63, 3.8) is 0 Å². The molecule has 1 aromatic heterocycles. The van der Waals surface area contributed by atoms with Crippen LogP contribution in [-0.4, -0.2) is 16.0 Å². The van der Waals surface area contributed by atoms with Crippen molar-refractivity contribution in [1.82, 2.24) is 10.1 Å². The van der Waals surface area contributed by atoms with Gasteiger partial charge in [0, 0.05) is 22.7 Å². The highest BCUT2D eigenvalue weighted by atomic mass is 16.5. The Labute approximate surface area is 152 Å². The average molecular weight is 347 g/mol. The Balaban J connectivity index is 1.47. The van der Waals surface area contributed by atoms with Crippen molar-refractivity contribution in [2.75, 3.05) is 5.32 Å². The summed E-state index contributed by atoms with van der Waals surface area (Å²) in [5.74, 6) is 1.58. The summed E-state index contributed by atoms with van der Waals surface area (Å²) in [4.78, 5) is 16.9. The molecule has 0 radical (unpaired) electrons. The molecule has 0 saturated heterocycles. The van der Waals surface area contributed by atoms with Gasteiger partial charge in [0.1, 0.15) is 0 Å². The molecule has 1 amide bonds. The Hall–Kier alpha value is -2.95. The van der Waals surface area contributed by atoms with Gasteiger partial charge in [-0.3, -0.25) is 4.79 Å². The molecule has 5 heteroatoms. The Bertz CT molecular complexity index is 909. The third-order valence-corrected chi connectivity index (χ3v) is 4.83. The molecule has 1 heterocycles. The maximum absolute atomic E-state index is 12.4. The second-order valence-electron chi connectivity index (χ2n) is 6.84. The number of aromatic nitrogens is 2. The molecule has 3 aromatic rings. The molecule has 0 unspecified atom stereocenters. The SMILES string of the molecule is Cc1cccc(NC(=O)c2ccc(-c3noc(C4CCCC4)n3)cc2)c1. The van der Waals surface area contributed by atoms with Crippen LogP contribution in [0.15, 0.2) is 53.1 Å². The summed E-state index contributed by atoms with van der Waals surface area (Å²) in [6, 6.07) is 15.0. The lowest BCUT2D eigenvalue weighted by molar-refractivity contribution is 0.102. The summed E-state index contributed by atoms with van der Waals surface area (Å²) in [5, 5.41) is 7.01. The van der Waals surface area contributed by atoms with E-state index < -0.39 is 0 Å². The van der Waals surface area contributed by atoms with Crippen LogP contribution < -0.4 is 5.32 Å². The largest absolute Gasteiger partial charge is 0.339 e. The Morgan fingerprint density at radius 1 is 1.12 bits per heavy atom. The monoisotopic (exact) mass is 347 g/mol. The first kappa shape index (κ1) is 16.5. The fraction of sp³-hybridized carbons (Fsp3) is 0.286. The third kappa shape index (κ3) is 3.52. The van der Waals surface area contributed by atoms with Gasteiger partial charge in [-0.2, -0.15) is 4.98 Å². The number of carbonyl (C=O) groups is 1. The molecule has 1 aliphatic carbocycles. The molecule has 2 aromatic carbocycles. The maximum atomic E-state index is 12.4. The van der Waals surface area contributed by atoms with Crippen molar-refractivity contribution in [2.24, 2.45) is 0 Å². The van der Waals surface area contributed by atoms with Crippen molar-refractivity contribution in [1.29, 1.82) is 0 Å². The molecule has 0 aliphatic heterocycles. The Morgan fingerprint density at radius 2 is 1.88 bits per heavy atom. The normalized spacial score (nSPS) is 14.5. The van der Waals surface area contributed by atoms with Crippen LogP contribution >= 0.6 is 0 Å². The molecule has 0 atom stereocenters. The molecular weight excluding hydrogens is 326 g/mol. The van der Waals surface area contributed by atoms with Gasteiger partial charge >= 0.3 is 0 Å². The zero-order valence-corrected chi connectivity index (χ0v) is 14.7. The number of rotatable bonds is 4. The van der Waals surface area contributed by atoms with Gasteiger partial charge < -0.3 is 9.84 Å². The predicted octanol–water partition coefficient (Wildman–Crippen LogP) is 4.95. The molecule has 1 saturated carbocycles. The van der Waals surface area contributed by atoms with E-state index in [9.17, 15) is 4.79 Å². The topological polar surface area (TPSA) is 68.0 Å². The molecule has 1 aliphatic rings. The molecule has 132 valence electrons. The minimum absolute atomic E-state index is 0.137. The maximum Gasteiger partial charge on any atom is 0.255 e. The van der Waals surface area contributed by atoms with E-state index in [1.807, 2.05) is 43.3 Å². The van der Waals surface area contributed by atoms with Crippen LogP contribution in [0, 0.1) is 6.92 Å². The van der Waals surface area contributed by atoms with Crippen molar-refractivity contribution in [2.45, 2.75) is 38.5 Å². The summed E-state index contributed by atoms with van der Waals surface area (Å²) >= 11 is 0. The number of aryl methyl sites for hydroxylation is 1. The Morgan fingerprint density at radius 3 is 2.62 bits per heavy atom. The standard InChI is InChI=1S/C21H21N3O2/c1-14-5-4-8-18(13-14)22-20(25)16-11-9-15(10-12-16)19-23-21(26-24-19)17-6-2-3-7-17/h4-5,8-13,17H,2-3,6-7H2,1H3,(H,22,25). The van der Waals surface area contributed by atoms with E-state index in [0.717, 1.165) is 35.5 Å². The van der Waals surface area contributed by atoms with E-state index >= 15 is 0 Å².